The molecule has 0 radical (unpaired) electrons. The van der Waals surface area contributed by atoms with Gasteiger partial charge in [0.15, 0.2) is 0 Å². The molecule has 1 amide bonds. The van der Waals surface area contributed by atoms with Gasteiger partial charge in [0, 0.05) is 43.5 Å². The van der Waals surface area contributed by atoms with Gasteiger partial charge in [-0.25, -0.2) is 0 Å². The highest BCUT2D eigenvalue weighted by Crippen LogP contribution is 2.39. The van der Waals surface area contributed by atoms with Crippen molar-refractivity contribution in [2.24, 2.45) is 5.92 Å². The summed E-state index contributed by atoms with van der Waals surface area (Å²) in [6.07, 6.45) is 5.00. The van der Waals surface area contributed by atoms with Crippen LogP contribution in [0.15, 0.2) is 18.2 Å². The second-order valence-electron chi connectivity index (χ2n) is 9.01. The number of nitrogens with one attached hydrogen (secondary N) is 1. The fourth-order valence-electron chi connectivity index (χ4n) is 3.90. The molecule has 1 aliphatic rings. The third kappa shape index (κ3) is 6.29. The maximum absolute atomic E-state index is 12.8. The number of carbonyl (C=O) groups is 1. The molecule has 0 spiro atoms. The molecule has 170 valence electrons. The fourth-order valence-corrected chi connectivity index (χ4v) is 3.90. The molecule has 1 atom stereocenters. The minimum absolute atomic E-state index is 0.0165. The SMILES string of the molecule is COc1cc(C)ccc1CNC(=O)CC(CCO)c1nnc(CCC(C)C)n1C1CC1. The number of aryl methyl sites for hydroxylation is 2. The molecular weight excluding hydrogens is 392 g/mol. The number of amides is 1. The van der Waals surface area contributed by atoms with E-state index in [0.29, 0.717) is 24.9 Å². The lowest BCUT2D eigenvalue weighted by molar-refractivity contribution is -0.121. The van der Waals surface area contributed by atoms with E-state index in [1.54, 1.807) is 7.11 Å². The average Bonchev–Trinajstić information content (AvgIpc) is 3.49. The van der Waals surface area contributed by atoms with Gasteiger partial charge in [0.05, 0.1) is 7.11 Å². The summed E-state index contributed by atoms with van der Waals surface area (Å²) in [6, 6.07) is 6.39. The van der Waals surface area contributed by atoms with Gasteiger partial charge in [0.25, 0.3) is 0 Å². The van der Waals surface area contributed by atoms with Gasteiger partial charge in [-0.15, -0.1) is 10.2 Å². The highest BCUT2D eigenvalue weighted by atomic mass is 16.5. The zero-order valence-corrected chi connectivity index (χ0v) is 19.2. The van der Waals surface area contributed by atoms with Crippen LogP contribution < -0.4 is 10.1 Å². The Labute approximate surface area is 185 Å². The highest BCUT2D eigenvalue weighted by molar-refractivity contribution is 5.76. The molecule has 7 heteroatoms. The molecule has 0 aliphatic heterocycles. The molecule has 1 aliphatic carbocycles. The zero-order valence-electron chi connectivity index (χ0n) is 19.2. The molecule has 2 N–H and O–H groups in total. The summed E-state index contributed by atoms with van der Waals surface area (Å²) < 4.78 is 7.68. The van der Waals surface area contributed by atoms with Crippen LogP contribution in [0.5, 0.6) is 5.75 Å². The number of aliphatic hydroxyl groups excluding tert-OH is 1. The molecule has 1 heterocycles. The first kappa shape index (κ1) is 23.3. The second-order valence-corrected chi connectivity index (χ2v) is 9.01. The Morgan fingerprint density at radius 3 is 2.71 bits per heavy atom. The minimum atomic E-state index is -0.147. The Balaban J connectivity index is 1.69. The predicted octanol–water partition coefficient (Wildman–Crippen LogP) is 3.69. The van der Waals surface area contributed by atoms with E-state index < -0.39 is 0 Å². The lowest BCUT2D eigenvalue weighted by Gasteiger charge is -2.18. The van der Waals surface area contributed by atoms with Crippen molar-refractivity contribution in [1.29, 1.82) is 0 Å². The van der Waals surface area contributed by atoms with Crippen molar-refractivity contribution in [2.45, 2.75) is 77.8 Å². The van der Waals surface area contributed by atoms with E-state index in [4.69, 9.17) is 4.74 Å². The summed E-state index contributed by atoms with van der Waals surface area (Å²) in [5.41, 5.74) is 2.06. The van der Waals surface area contributed by atoms with Gasteiger partial charge in [-0.3, -0.25) is 4.79 Å². The Morgan fingerprint density at radius 1 is 1.29 bits per heavy atom. The smallest absolute Gasteiger partial charge is 0.221 e. The van der Waals surface area contributed by atoms with Crippen LogP contribution >= 0.6 is 0 Å². The van der Waals surface area contributed by atoms with Crippen LogP contribution in [-0.4, -0.2) is 39.5 Å². The van der Waals surface area contributed by atoms with Crippen molar-refractivity contribution >= 4 is 5.91 Å². The first-order valence-electron chi connectivity index (χ1n) is 11.4. The first-order chi connectivity index (χ1) is 14.9. The Morgan fingerprint density at radius 2 is 2.06 bits per heavy atom. The number of nitrogens with zero attached hydrogens (tertiary/aromatic N) is 3. The molecule has 7 nitrogen and oxygen atoms in total. The zero-order chi connectivity index (χ0) is 22.4. The van der Waals surface area contributed by atoms with Gasteiger partial charge in [-0.05, 0) is 50.2 Å². The van der Waals surface area contributed by atoms with Crippen LogP contribution in [0.2, 0.25) is 0 Å². The molecule has 1 aromatic carbocycles. The monoisotopic (exact) mass is 428 g/mol. The number of benzene rings is 1. The van der Waals surface area contributed by atoms with E-state index in [1.807, 2.05) is 25.1 Å². The van der Waals surface area contributed by atoms with Gasteiger partial charge >= 0.3 is 0 Å². The third-order valence-corrected chi connectivity index (χ3v) is 5.84. The van der Waals surface area contributed by atoms with E-state index in [9.17, 15) is 9.90 Å². The molecule has 1 fully saturated rings. The first-order valence-corrected chi connectivity index (χ1v) is 11.4. The van der Waals surface area contributed by atoms with Crippen molar-refractivity contribution in [3.63, 3.8) is 0 Å². The number of hydrogen-bond acceptors (Lipinski definition) is 5. The molecule has 1 aromatic heterocycles. The summed E-state index contributed by atoms with van der Waals surface area (Å²) in [4.78, 5) is 12.8. The lowest BCUT2D eigenvalue weighted by atomic mass is 9.99. The Bertz CT molecular complexity index is 874. The van der Waals surface area contributed by atoms with Gasteiger partial charge in [-0.1, -0.05) is 26.0 Å². The Hall–Kier alpha value is -2.41. The second kappa shape index (κ2) is 10.8. The quantitative estimate of drug-likeness (QED) is 0.538. The van der Waals surface area contributed by atoms with Gasteiger partial charge in [0.2, 0.25) is 5.91 Å². The van der Waals surface area contributed by atoms with E-state index >= 15 is 0 Å². The third-order valence-electron chi connectivity index (χ3n) is 5.84. The molecule has 0 saturated heterocycles. The summed E-state index contributed by atoms with van der Waals surface area (Å²) >= 11 is 0. The molecule has 1 unspecified atom stereocenters. The van der Waals surface area contributed by atoms with Gasteiger partial charge in [0.1, 0.15) is 17.4 Å². The van der Waals surface area contributed by atoms with E-state index in [-0.39, 0.29) is 24.9 Å². The summed E-state index contributed by atoms with van der Waals surface area (Å²) in [5, 5.41) is 21.6. The topological polar surface area (TPSA) is 89.3 Å². The molecule has 31 heavy (non-hydrogen) atoms. The summed E-state index contributed by atoms with van der Waals surface area (Å²) in [6.45, 7) is 6.85. The number of carbonyl (C=O) groups excluding carboxylic acids is 1. The van der Waals surface area contributed by atoms with Crippen molar-refractivity contribution in [3.05, 3.63) is 41.0 Å². The van der Waals surface area contributed by atoms with Gasteiger partial charge < -0.3 is 19.7 Å². The van der Waals surface area contributed by atoms with Crippen molar-refractivity contribution < 1.29 is 14.6 Å². The summed E-state index contributed by atoms with van der Waals surface area (Å²) in [7, 11) is 1.64. The Kier molecular flexibility index (Phi) is 8.07. The van der Waals surface area contributed by atoms with Crippen molar-refractivity contribution in [1.82, 2.24) is 20.1 Å². The fraction of sp³-hybridized carbons (Fsp3) is 0.625. The van der Waals surface area contributed by atoms with Crippen LogP contribution in [0, 0.1) is 12.8 Å². The van der Waals surface area contributed by atoms with Crippen LogP contribution in [-0.2, 0) is 17.8 Å². The van der Waals surface area contributed by atoms with Gasteiger partial charge in [-0.2, -0.15) is 0 Å². The van der Waals surface area contributed by atoms with Crippen LogP contribution in [0.4, 0.5) is 0 Å². The molecule has 1 saturated carbocycles. The van der Waals surface area contributed by atoms with Crippen LogP contribution in [0.1, 0.15) is 80.7 Å². The number of aromatic nitrogens is 3. The number of hydrogen-bond donors (Lipinski definition) is 2. The van der Waals surface area contributed by atoms with E-state index in [0.717, 1.165) is 54.2 Å². The summed E-state index contributed by atoms with van der Waals surface area (Å²) in [5.74, 6) is 3.03. The minimum Gasteiger partial charge on any atom is -0.496 e. The van der Waals surface area contributed by atoms with Crippen LogP contribution in [0.25, 0.3) is 0 Å². The number of methoxy groups -OCH3 is 1. The van der Waals surface area contributed by atoms with Crippen LogP contribution in [0.3, 0.4) is 0 Å². The number of rotatable bonds is 12. The molecule has 0 bridgehead atoms. The highest BCUT2D eigenvalue weighted by Gasteiger charge is 2.32. The molecule has 2 aromatic rings. The van der Waals surface area contributed by atoms with Crippen molar-refractivity contribution in [2.75, 3.05) is 13.7 Å². The number of ether oxygens (including phenoxy) is 1. The molecule has 3 rings (SSSR count). The average molecular weight is 429 g/mol. The maximum atomic E-state index is 12.8. The van der Waals surface area contributed by atoms with E-state index in [1.165, 1.54) is 0 Å². The standard InChI is InChI=1S/C24H36N4O3/c1-16(2)5-10-22-26-27-24(28(22)20-8-9-20)18(11-12-29)14-23(30)25-15-19-7-6-17(3)13-21(19)31-4/h6-7,13,16,18,20,29H,5,8-12,14-15H2,1-4H3,(H,25,30). The lowest BCUT2D eigenvalue weighted by Crippen LogP contribution is -2.26. The number of aliphatic hydroxyl groups is 1. The van der Waals surface area contributed by atoms with Crippen molar-refractivity contribution in [3.8, 4) is 5.75 Å². The van der Waals surface area contributed by atoms with E-state index in [2.05, 4.69) is 33.9 Å². The largest absolute Gasteiger partial charge is 0.496 e. The predicted molar refractivity (Wildman–Crippen MR) is 120 cm³/mol. The maximum Gasteiger partial charge on any atom is 0.221 e. The normalized spacial score (nSPS) is 14.6. The molecular formula is C24H36N4O3.